The molecule has 0 saturated carbocycles. The lowest BCUT2D eigenvalue weighted by atomic mass is 9.74. The first-order chi connectivity index (χ1) is 18.1. The SMILES string of the molecule is COc1ccc2ncc(F)c([C@@H](F)CCC3(C(=O)O)CCN(CCCc4cc(F)c(F)c(F)c4)CC3)c2c1. The minimum Gasteiger partial charge on any atom is -0.497 e. The average molecular weight is 537 g/mol. The van der Waals surface area contributed by atoms with E-state index in [0.29, 0.717) is 62.1 Å². The number of hydrogen-bond acceptors (Lipinski definition) is 4. The lowest BCUT2D eigenvalue weighted by molar-refractivity contribution is -0.153. The molecule has 1 aliphatic rings. The highest BCUT2D eigenvalue weighted by atomic mass is 19.2. The maximum atomic E-state index is 15.4. The summed E-state index contributed by atoms with van der Waals surface area (Å²) in [6.07, 6.45) is 0.600. The van der Waals surface area contributed by atoms with Crippen LogP contribution in [0.4, 0.5) is 22.0 Å². The molecule has 1 atom stereocenters. The van der Waals surface area contributed by atoms with Gasteiger partial charge in [-0.1, -0.05) is 0 Å². The third-order valence-corrected chi connectivity index (χ3v) is 7.51. The highest BCUT2D eigenvalue weighted by molar-refractivity contribution is 5.84. The molecule has 0 aliphatic carbocycles. The first-order valence-corrected chi connectivity index (χ1v) is 12.5. The van der Waals surface area contributed by atoms with Crippen LogP contribution in [0, 0.1) is 28.7 Å². The number of hydrogen-bond donors (Lipinski definition) is 1. The van der Waals surface area contributed by atoms with Gasteiger partial charge in [0.25, 0.3) is 0 Å². The molecule has 4 rings (SSSR count). The number of methoxy groups -OCH3 is 1. The Hall–Kier alpha value is -3.27. The van der Waals surface area contributed by atoms with E-state index >= 15 is 4.39 Å². The molecule has 1 fully saturated rings. The molecule has 0 radical (unpaired) electrons. The number of piperidine rings is 1. The molecule has 10 heteroatoms. The van der Waals surface area contributed by atoms with Crippen molar-refractivity contribution < 1.29 is 36.6 Å². The Morgan fingerprint density at radius 2 is 1.79 bits per heavy atom. The van der Waals surface area contributed by atoms with Crippen LogP contribution in [-0.4, -0.2) is 47.7 Å². The Morgan fingerprint density at radius 3 is 2.42 bits per heavy atom. The lowest BCUT2D eigenvalue weighted by Gasteiger charge is -2.39. The first kappa shape index (κ1) is 27.8. The zero-order chi connectivity index (χ0) is 27.4. The van der Waals surface area contributed by atoms with E-state index in [-0.39, 0.29) is 23.8 Å². The van der Waals surface area contributed by atoms with Gasteiger partial charge in [0.05, 0.1) is 24.2 Å². The smallest absolute Gasteiger partial charge is 0.309 e. The molecule has 1 aliphatic heterocycles. The molecule has 0 spiro atoms. The van der Waals surface area contributed by atoms with E-state index in [4.69, 9.17) is 4.74 Å². The summed E-state index contributed by atoms with van der Waals surface area (Å²) in [6, 6.07) is 6.73. The number of alkyl halides is 1. The van der Waals surface area contributed by atoms with Crippen LogP contribution in [0.5, 0.6) is 5.75 Å². The van der Waals surface area contributed by atoms with E-state index in [2.05, 4.69) is 4.98 Å². The Balaban J connectivity index is 1.36. The van der Waals surface area contributed by atoms with Gasteiger partial charge >= 0.3 is 5.97 Å². The highest BCUT2D eigenvalue weighted by Crippen LogP contribution is 2.41. The fourth-order valence-electron chi connectivity index (χ4n) is 5.20. The van der Waals surface area contributed by atoms with E-state index in [0.717, 1.165) is 18.3 Å². The number of carbonyl (C=O) groups is 1. The van der Waals surface area contributed by atoms with Gasteiger partial charge in [0.2, 0.25) is 0 Å². The Bertz CT molecular complexity index is 1290. The zero-order valence-corrected chi connectivity index (χ0v) is 21.0. The van der Waals surface area contributed by atoms with Crippen molar-refractivity contribution >= 4 is 16.9 Å². The normalized spacial score (nSPS) is 16.5. The van der Waals surface area contributed by atoms with Gasteiger partial charge < -0.3 is 14.7 Å². The zero-order valence-electron chi connectivity index (χ0n) is 21.0. The van der Waals surface area contributed by atoms with Gasteiger partial charge in [-0.15, -0.1) is 0 Å². The van der Waals surface area contributed by atoms with Crippen molar-refractivity contribution in [3.8, 4) is 5.75 Å². The number of nitrogens with zero attached hydrogens (tertiary/aromatic N) is 2. The third-order valence-electron chi connectivity index (χ3n) is 7.51. The molecule has 1 saturated heterocycles. The number of carboxylic acid groups (broad SMARTS) is 1. The summed E-state index contributed by atoms with van der Waals surface area (Å²) in [5.41, 5.74) is -0.528. The van der Waals surface area contributed by atoms with Crippen molar-refractivity contribution in [1.29, 1.82) is 0 Å². The first-order valence-electron chi connectivity index (χ1n) is 12.5. The molecule has 2 aromatic carbocycles. The van der Waals surface area contributed by atoms with Crippen LogP contribution in [0.15, 0.2) is 36.5 Å². The topological polar surface area (TPSA) is 62.7 Å². The molecular formula is C28H29F5N2O3. The van der Waals surface area contributed by atoms with Crippen molar-refractivity contribution in [2.75, 3.05) is 26.7 Å². The van der Waals surface area contributed by atoms with Gasteiger partial charge in [0.1, 0.15) is 17.7 Å². The van der Waals surface area contributed by atoms with Crippen LogP contribution in [0.1, 0.15) is 49.4 Å². The predicted molar refractivity (Wildman–Crippen MR) is 132 cm³/mol. The molecule has 5 nitrogen and oxygen atoms in total. The fourth-order valence-corrected chi connectivity index (χ4v) is 5.20. The molecule has 1 N–H and O–H groups in total. The molecule has 0 unspecified atom stereocenters. The summed E-state index contributed by atoms with van der Waals surface area (Å²) >= 11 is 0. The third kappa shape index (κ3) is 5.90. The molecule has 3 aromatic rings. The van der Waals surface area contributed by atoms with E-state index in [1.165, 1.54) is 13.2 Å². The van der Waals surface area contributed by atoms with Gasteiger partial charge in [-0.2, -0.15) is 0 Å². The number of benzene rings is 2. The number of halogens is 5. The lowest BCUT2D eigenvalue weighted by Crippen LogP contribution is -2.44. The van der Waals surface area contributed by atoms with Gasteiger partial charge in [-0.3, -0.25) is 9.78 Å². The standard InChI is InChI=1S/C28H29F5N2O3/c1-38-18-4-5-24-19(15-18)25(23(32)16-34-24)20(29)6-7-28(27(36)37)8-11-35(12-9-28)10-2-3-17-13-21(30)26(33)22(31)14-17/h4-5,13-16,20H,2-3,6-12H2,1H3,(H,36,37)/t20-/m0/s1. The minimum atomic E-state index is -1.72. The van der Waals surface area contributed by atoms with Crippen molar-refractivity contribution in [3.05, 3.63) is 70.9 Å². The predicted octanol–water partition coefficient (Wildman–Crippen LogP) is 6.39. The molecular weight excluding hydrogens is 507 g/mol. The number of aromatic nitrogens is 1. The van der Waals surface area contributed by atoms with Crippen molar-refractivity contribution in [2.45, 2.75) is 44.7 Å². The van der Waals surface area contributed by atoms with Gasteiger partial charge in [-0.25, -0.2) is 22.0 Å². The number of likely N-dealkylation sites (tertiary alicyclic amines) is 1. The maximum absolute atomic E-state index is 15.4. The summed E-state index contributed by atoms with van der Waals surface area (Å²) in [5.74, 6) is -5.32. The number of carboxylic acids is 1. The number of pyridine rings is 1. The summed E-state index contributed by atoms with van der Waals surface area (Å²) in [5, 5.41) is 10.3. The van der Waals surface area contributed by atoms with Gasteiger partial charge in [0.15, 0.2) is 17.5 Å². The Labute approximate surface area is 217 Å². The minimum absolute atomic E-state index is 0.0404. The summed E-state index contributed by atoms with van der Waals surface area (Å²) in [4.78, 5) is 18.3. The van der Waals surface area contributed by atoms with Crippen LogP contribution >= 0.6 is 0 Å². The number of ether oxygens (including phenoxy) is 1. The van der Waals surface area contributed by atoms with E-state index in [1.54, 1.807) is 12.1 Å². The van der Waals surface area contributed by atoms with Crippen LogP contribution in [0.25, 0.3) is 10.9 Å². The van der Waals surface area contributed by atoms with Crippen LogP contribution in [0.2, 0.25) is 0 Å². The number of fused-ring (bicyclic) bond motifs is 1. The highest BCUT2D eigenvalue weighted by Gasteiger charge is 2.41. The molecule has 1 aromatic heterocycles. The maximum Gasteiger partial charge on any atom is 0.309 e. The van der Waals surface area contributed by atoms with E-state index in [9.17, 15) is 27.5 Å². The second kappa shape index (κ2) is 11.6. The Morgan fingerprint density at radius 1 is 1.11 bits per heavy atom. The van der Waals surface area contributed by atoms with Crippen LogP contribution in [0.3, 0.4) is 0 Å². The van der Waals surface area contributed by atoms with Crippen LogP contribution < -0.4 is 4.74 Å². The fraction of sp³-hybridized carbons (Fsp3) is 0.429. The second-order valence-corrected chi connectivity index (χ2v) is 9.81. The van der Waals surface area contributed by atoms with Crippen LogP contribution in [-0.2, 0) is 11.2 Å². The van der Waals surface area contributed by atoms with Gasteiger partial charge in [0, 0.05) is 10.9 Å². The number of rotatable bonds is 10. The Kier molecular flexibility index (Phi) is 8.50. The van der Waals surface area contributed by atoms with Gasteiger partial charge in [-0.05, 0) is 94.1 Å². The number of aliphatic carboxylic acids is 1. The van der Waals surface area contributed by atoms with Crippen molar-refractivity contribution in [1.82, 2.24) is 9.88 Å². The molecule has 2 heterocycles. The molecule has 38 heavy (non-hydrogen) atoms. The number of aryl methyl sites for hydroxylation is 1. The quantitative estimate of drug-likeness (QED) is 0.240. The molecule has 0 amide bonds. The second-order valence-electron chi connectivity index (χ2n) is 9.81. The monoisotopic (exact) mass is 536 g/mol. The molecule has 204 valence electrons. The van der Waals surface area contributed by atoms with Crippen molar-refractivity contribution in [3.63, 3.8) is 0 Å². The summed E-state index contributed by atoms with van der Waals surface area (Å²) in [6.45, 7) is 1.48. The molecule has 0 bridgehead atoms. The average Bonchev–Trinajstić information content (AvgIpc) is 2.90. The van der Waals surface area contributed by atoms with E-state index < -0.39 is 40.8 Å². The van der Waals surface area contributed by atoms with Crippen molar-refractivity contribution in [2.24, 2.45) is 5.41 Å². The summed E-state index contributed by atoms with van der Waals surface area (Å²) in [7, 11) is 1.45. The summed E-state index contributed by atoms with van der Waals surface area (Å²) < 4.78 is 75.2. The largest absolute Gasteiger partial charge is 0.497 e. The van der Waals surface area contributed by atoms with E-state index in [1.807, 2.05) is 4.90 Å².